The first-order valence-corrected chi connectivity index (χ1v) is 4.66. The molecule has 0 saturated heterocycles. The van der Waals surface area contributed by atoms with Crippen LogP contribution in [0.15, 0.2) is 24.3 Å². The van der Waals surface area contributed by atoms with Gasteiger partial charge in [-0.05, 0) is 6.07 Å². The van der Waals surface area contributed by atoms with Gasteiger partial charge < -0.3 is 10.2 Å². The zero-order valence-electron chi connectivity index (χ0n) is 6.77. The average molecular weight is 245 g/mol. The molecule has 4 heteroatoms. The average Bonchev–Trinajstić information content (AvgIpc) is 2.03. The Balaban J connectivity index is 2.82. The summed E-state index contributed by atoms with van der Waals surface area (Å²) in [6.45, 7) is 0. The van der Waals surface area contributed by atoms with Crippen LogP contribution in [0.1, 0.15) is 16.8 Å². The summed E-state index contributed by atoms with van der Waals surface area (Å²) in [7, 11) is 0. The summed E-state index contributed by atoms with van der Waals surface area (Å²) in [5.74, 6) is -0.782. The van der Waals surface area contributed by atoms with Gasteiger partial charge in [-0.15, -0.1) is 0 Å². The van der Waals surface area contributed by atoms with Gasteiger partial charge in [-0.3, -0.25) is 4.79 Å². The Hall–Kier alpha value is -1.03. The van der Waals surface area contributed by atoms with E-state index >= 15 is 0 Å². The molecule has 1 aromatic rings. The highest BCUT2D eigenvalue weighted by Crippen LogP contribution is 2.32. The topological polar surface area (TPSA) is 57.5 Å². The number of halogens is 1. The van der Waals surface area contributed by atoms with Crippen LogP contribution in [0.3, 0.4) is 0 Å². The number of phenols is 1. The fraction of sp³-hybridized carbons (Fsp3) is 0.222. The van der Waals surface area contributed by atoms with Gasteiger partial charge in [-0.25, -0.2) is 0 Å². The van der Waals surface area contributed by atoms with Crippen LogP contribution in [-0.4, -0.2) is 16.2 Å². The van der Waals surface area contributed by atoms with Crippen molar-refractivity contribution in [3.05, 3.63) is 29.8 Å². The van der Waals surface area contributed by atoms with E-state index < -0.39 is 5.97 Å². The van der Waals surface area contributed by atoms with E-state index in [4.69, 9.17) is 5.11 Å². The highest BCUT2D eigenvalue weighted by Gasteiger charge is 2.14. The summed E-state index contributed by atoms with van der Waals surface area (Å²) in [4.78, 5) is 10.0. The molecule has 1 aromatic carbocycles. The van der Waals surface area contributed by atoms with Crippen molar-refractivity contribution in [1.29, 1.82) is 0 Å². The highest BCUT2D eigenvalue weighted by molar-refractivity contribution is 9.09. The molecule has 1 rings (SSSR count). The minimum absolute atomic E-state index is 0.0441. The van der Waals surface area contributed by atoms with Gasteiger partial charge >= 0.3 is 5.97 Å². The molecule has 0 aliphatic rings. The number of hydrogen-bond acceptors (Lipinski definition) is 2. The summed E-state index contributed by atoms with van der Waals surface area (Å²) in [6, 6.07) is 6.67. The molecule has 0 aromatic heterocycles. The third-order valence-electron chi connectivity index (χ3n) is 1.63. The summed E-state index contributed by atoms with van der Waals surface area (Å²) in [6.07, 6.45) is -0.0441. The Labute approximate surface area is 84.1 Å². The molecule has 70 valence electrons. The molecule has 0 spiro atoms. The standard InChI is InChI=1S/C9H9BrO3/c10-7(5-9(12)13)6-3-1-2-4-8(6)11/h1-4,7,11H,5H2,(H,12,13). The number of para-hydroxylation sites is 1. The van der Waals surface area contributed by atoms with E-state index in [9.17, 15) is 9.90 Å². The van der Waals surface area contributed by atoms with E-state index in [1.165, 1.54) is 6.07 Å². The summed E-state index contributed by atoms with van der Waals surface area (Å²) in [5, 5.41) is 17.9. The van der Waals surface area contributed by atoms with E-state index in [2.05, 4.69) is 15.9 Å². The second-order valence-electron chi connectivity index (χ2n) is 2.62. The molecule has 0 radical (unpaired) electrons. The number of rotatable bonds is 3. The molecule has 1 unspecified atom stereocenters. The van der Waals surface area contributed by atoms with Crippen LogP contribution in [0.25, 0.3) is 0 Å². The molecular weight excluding hydrogens is 236 g/mol. The van der Waals surface area contributed by atoms with Gasteiger partial charge in [0.05, 0.1) is 11.2 Å². The van der Waals surface area contributed by atoms with E-state index in [0.717, 1.165) is 0 Å². The Morgan fingerprint density at radius 1 is 1.46 bits per heavy atom. The first kappa shape index (κ1) is 10.1. The van der Waals surface area contributed by atoms with Crippen molar-refractivity contribution in [2.24, 2.45) is 0 Å². The minimum Gasteiger partial charge on any atom is -0.508 e. The van der Waals surface area contributed by atoms with Gasteiger partial charge in [0.15, 0.2) is 0 Å². The third kappa shape index (κ3) is 2.73. The molecule has 0 amide bonds. The Bertz CT molecular complexity index is 311. The van der Waals surface area contributed by atoms with Crippen molar-refractivity contribution in [2.45, 2.75) is 11.2 Å². The SMILES string of the molecule is O=C(O)CC(Br)c1ccccc1O. The Morgan fingerprint density at radius 2 is 2.08 bits per heavy atom. The minimum atomic E-state index is -0.898. The third-order valence-corrected chi connectivity index (χ3v) is 2.45. The molecule has 13 heavy (non-hydrogen) atoms. The number of phenolic OH excluding ortho intramolecular Hbond substituents is 1. The number of carboxylic acid groups (broad SMARTS) is 1. The number of benzene rings is 1. The predicted octanol–water partition coefficient (Wildman–Crippen LogP) is 2.30. The fourth-order valence-electron chi connectivity index (χ4n) is 1.02. The van der Waals surface area contributed by atoms with E-state index in [1.807, 2.05) is 0 Å². The first-order valence-electron chi connectivity index (χ1n) is 3.75. The van der Waals surface area contributed by atoms with Gasteiger partial charge in [0.1, 0.15) is 5.75 Å². The van der Waals surface area contributed by atoms with Crippen molar-refractivity contribution in [2.75, 3.05) is 0 Å². The molecule has 0 aliphatic carbocycles. The van der Waals surface area contributed by atoms with Crippen molar-refractivity contribution in [3.8, 4) is 5.75 Å². The van der Waals surface area contributed by atoms with Gasteiger partial charge in [-0.2, -0.15) is 0 Å². The summed E-state index contributed by atoms with van der Waals surface area (Å²) >= 11 is 3.20. The summed E-state index contributed by atoms with van der Waals surface area (Å²) < 4.78 is 0. The lowest BCUT2D eigenvalue weighted by atomic mass is 10.1. The lowest BCUT2D eigenvalue weighted by molar-refractivity contribution is -0.136. The van der Waals surface area contributed by atoms with Crippen molar-refractivity contribution in [1.82, 2.24) is 0 Å². The van der Waals surface area contributed by atoms with Gasteiger partial charge in [0.25, 0.3) is 0 Å². The number of carboxylic acids is 1. The quantitative estimate of drug-likeness (QED) is 0.803. The molecule has 0 heterocycles. The van der Waals surface area contributed by atoms with E-state index in [1.54, 1.807) is 18.2 Å². The molecule has 3 nitrogen and oxygen atoms in total. The number of aromatic hydroxyl groups is 1. The van der Waals surface area contributed by atoms with Crippen LogP contribution >= 0.6 is 15.9 Å². The maximum absolute atomic E-state index is 10.4. The van der Waals surface area contributed by atoms with E-state index in [0.29, 0.717) is 5.56 Å². The van der Waals surface area contributed by atoms with Crippen LogP contribution in [0.2, 0.25) is 0 Å². The number of carbonyl (C=O) groups is 1. The maximum Gasteiger partial charge on any atom is 0.304 e. The van der Waals surface area contributed by atoms with Gasteiger partial charge in [0, 0.05) is 5.56 Å². The first-order chi connectivity index (χ1) is 6.11. The number of aliphatic carboxylic acids is 1. The molecule has 0 bridgehead atoms. The zero-order chi connectivity index (χ0) is 9.84. The maximum atomic E-state index is 10.4. The van der Waals surface area contributed by atoms with Crippen LogP contribution in [0.4, 0.5) is 0 Å². The number of alkyl halides is 1. The highest BCUT2D eigenvalue weighted by atomic mass is 79.9. The molecule has 1 atom stereocenters. The molecule has 0 aliphatic heterocycles. The Kier molecular flexibility index (Phi) is 3.31. The van der Waals surface area contributed by atoms with Crippen LogP contribution in [0.5, 0.6) is 5.75 Å². The molecule has 2 N–H and O–H groups in total. The normalized spacial score (nSPS) is 12.4. The van der Waals surface area contributed by atoms with Crippen molar-refractivity contribution >= 4 is 21.9 Å². The monoisotopic (exact) mass is 244 g/mol. The number of hydrogen-bond donors (Lipinski definition) is 2. The summed E-state index contributed by atoms with van der Waals surface area (Å²) in [5.41, 5.74) is 0.602. The van der Waals surface area contributed by atoms with Gasteiger partial charge in [0.2, 0.25) is 0 Å². The van der Waals surface area contributed by atoms with Crippen LogP contribution < -0.4 is 0 Å². The molecular formula is C9H9BrO3. The largest absolute Gasteiger partial charge is 0.508 e. The predicted molar refractivity (Wildman–Crippen MR) is 52.0 cm³/mol. The van der Waals surface area contributed by atoms with Gasteiger partial charge in [-0.1, -0.05) is 34.1 Å². The lowest BCUT2D eigenvalue weighted by Crippen LogP contribution is -2.00. The van der Waals surface area contributed by atoms with Crippen LogP contribution in [-0.2, 0) is 4.79 Å². The van der Waals surface area contributed by atoms with Crippen LogP contribution in [0, 0.1) is 0 Å². The second kappa shape index (κ2) is 4.28. The van der Waals surface area contributed by atoms with Crippen molar-refractivity contribution in [3.63, 3.8) is 0 Å². The smallest absolute Gasteiger partial charge is 0.304 e. The molecule has 0 fully saturated rings. The van der Waals surface area contributed by atoms with E-state index in [-0.39, 0.29) is 17.0 Å². The fourth-order valence-corrected chi connectivity index (χ4v) is 1.68. The lowest BCUT2D eigenvalue weighted by Gasteiger charge is -2.08. The zero-order valence-corrected chi connectivity index (χ0v) is 8.36. The second-order valence-corrected chi connectivity index (χ2v) is 3.73. The van der Waals surface area contributed by atoms with Crippen molar-refractivity contribution < 1.29 is 15.0 Å². The molecule has 0 saturated carbocycles. The Morgan fingerprint density at radius 3 is 2.62 bits per heavy atom.